The van der Waals surface area contributed by atoms with Gasteiger partial charge in [-0.25, -0.2) is 0 Å². The standard InChI is InChI=1S/C16H24O4/c1-18-12-6-5-7-13(10-12)20-11-15(17)14-8-3-4-9-16(14)19-2/h3-4,8-9,12-13,15,17H,5-7,10-11H2,1-2H3. The zero-order chi connectivity index (χ0) is 14.4. The Morgan fingerprint density at radius 2 is 1.95 bits per heavy atom. The number of hydrogen-bond donors (Lipinski definition) is 1. The van der Waals surface area contributed by atoms with Crippen LogP contribution >= 0.6 is 0 Å². The van der Waals surface area contributed by atoms with Crippen LogP contribution in [0, 0.1) is 0 Å². The maximum atomic E-state index is 10.2. The average molecular weight is 280 g/mol. The van der Waals surface area contributed by atoms with E-state index < -0.39 is 6.10 Å². The summed E-state index contributed by atoms with van der Waals surface area (Å²) >= 11 is 0. The number of rotatable bonds is 6. The molecule has 1 aromatic carbocycles. The minimum Gasteiger partial charge on any atom is -0.496 e. The molecule has 1 aliphatic rings. The van der Waals surface area contributed by atoms with Gasteiger partial charge in [-0.2, -0.15) is 0 Å². The van der Waals surface area contributed by atoms with E-state index >= 15 is 0 Å². The molecule has 3 unspecified atom stereocenters. The molecule has 4 heteroatoms. The van der Waals surface area contributed by atoms with Crippen molar-refractivity contribution in [2.45, 2.75) is 44.0 Å². The Morgan fingerprint density at radius 3 is 2.70 bits per heavy atom. The normalized spacial score (nSPS) is 24.4. The second-order valence-electron chi connectivity index (χ2n) is 5.24. The quantitative estimate of drug-likeness (QED) is 0.870. The largest absolute Gasteiger partial charge is 0.496 e. The van der Waals surface area contributed by atoms with E-state index in [0.717, 1.165) is 31.2 Å². The number of para-hydroxylation sites is 1. The zero-order valence-electron chi connectivity index (χ0n) is 12.2. The first-order valence-electron chi connectivity index (χ1n) is 7.20. The molecule has 0 radical (unpaired) electrons. The summed E-state index contributed by atoms with van der Waals surface area (Å²) in [7, 11) is 3.35. The van der Waals surface area contributed by atoms with Gasteiger partial charge >= 0.3 is 0 Å². The van der Waals surface area contributed by atoms with Crippen LogP contribution in [0.15, 0.2) is 24.3 Å². The summed E-state index contributed by atoms with van der Waals surface area (Å²) in [4.78, 5) is 0. The highest BCUT2D eigenvalue weighted by Crippen LogP contribution is 2.27. The lowest BCUT2D eigenvalue weighted by Crippen LogP contribution is -2.28. The fourth-order valence-corrected chi connectivity index (χ4v) is 2.73. The number of ether oxygens (including phenoxy) is 3. The van der Waals surface area contributed by atoms with E-state index in [1.165, 1.54) is 0 Å². The minimum absolute atomic E-state index is 0.179. The lowest BCUT2D eigenvalue weighted by atomic mass is 9.95. The lowest BCUT2D eigenvalue weighted by Gasteiger charge is -2.29. The summed E-state index contributed by atoms with van der Waals surface area (Å²) < 4.78 is 16.5. The summed E-state index contributed by atoms with van der Waals surface area (Å²) in [5, 5.41) is 10.2. The van der Waals surface area contributed by atoms with Crippen LogP contribution in [0.1, 0.15) is 37.4 Å². The molecule has 1 fully saturated rings. The van der Waals surface area contributed by atoms with Crippen molar-refractivity contribution in [2.24, 2.45) is 0 Å². The Labute approximate surface area is 120 Å². The van der Waals surface area contributed by atoms with Crippen molar-refractivity contribution in [1.82, 2.24) is 0 Å². The predicted molar refractivity (Wildman–Crippen MR) is 77.0 cm³/mol. The molecule has 20 heavy (non-hydrogen) atoms. The first-order chi connectivity index (χ1) is 9.74. The molecule has 0 heterocycles. The Bertz CT molecular complexity index is 407. The van der Waals surface area contributed by atoms with Crippen molar-refractivity contribution in [3.63, 3.8) is 0 Å². The molecule has 0 aliphatic heterocycles. The highest BCUT2D eigenvalue weighted by Gasteiger charge is 2.23. The van der Waals surface area contributed by atoms with Gasteiger partial charge in [-0.15, -0.1) is 0 Å². The van der Waals surface area contributed by atoms with Crippen LogP contribution in [-0.4, -0.2) is 38.1 Å². The van der Waals surface area contributed by atoms with Gasteiger partial charge in [-0.1, -0.05) is 18.2 Å². The third kappa shape index (κ3) is 3.95. The van der Waals surface area contributed by atoms with E-state index in [0.29, 0.717) is 12.4 Å². The van der Waals surface area contributed by atoms with Crippen LogP contribution in [0.4, 0.5) is 0 Å². The summed E-state index contributed by atoms with van der Waals surface area (Å²) in [6, 6.07) is 7.49. The molecule has 2 rings (SSSR count). The van der Waals surface area contributed by atoms with E-state index in [-0.39, 0.29) is 12.2 Å². The van der Waals surface area contributed by atoms with Crippen LogP contribution in [-0.2, 0) is 9.47 Å². The highest BCUT2D eigenvalue weighted by atomic mass is 16.5. The molecule has 1 saturated carbocycles. The van der Waals surface area contributed by atoms with Gasteiger partial charge in [0.2, 0.25) is 0 Å². The first kappa shape index (κ1) is 15.3. The molecule has 1 aliphatic carbocycles. The number of methoxy groups -OCH3 is 2. The molecule has 0 bridgehead atoms. The summed E-state index contributed by atoms with van der Waals surface area (Å²) in [5.74, 6) is 0.696. The van der Waals surface area contributed by atoms with Crippen molar-refractivity contribution in [3.05, 3.63) is 29.8 Å². The van der Waals surface area contributed by atoms with Gasteiger partial charge in [0.1, 0.15) is 11.9 Å². The average Bonchev–Trinajstić information content (AvgIpc) is 2.52. The molecule has 0 aromatic heterocycles. The van der Waals surface area contributed by atoms with Crippen LogP contribution in [0.2, 0.25) is 0 Å². The summed E-state index contributed by atoms with van der Waals surface area (Å²) in [5.41, 5.74) is 0.772. The Kier molecular flexibility index (Phi) is 5.83. The Morgan fingerprint density at radius 1 is 1.20 bits per heavy atom. The van der Waals surface area contributed by atoms with Gasteiger partial charge in [0.25, 0.3) is 0 Å². The number of aliphatic hydroxyl groups is 1. The van der Waals surface area contributed by atoms with Gasteiger partial charge in [-0.05, 0) is 31.7 Å². The number of benzene rings is 1. The van der Waals surface area contributed by atoms with E-state index in [1.54, 1.807) is 14.2 Å². The molecule has 3 atom stereocenters. The van der Waals surface area contributed by atoms with Crippen molar-refractivity contribution in [3.8, 4) is 5.75 Å². The smallest absolute Gasteiger partial charge is 0.124 e. The molecular weight excluding hydrogens is 256 g/mol. The van der Waals surface area contributed by atoms with Crippen LogP contribution in [0.3, 0.4) is 0 Å². The predicted octanol–water partition coefficient (Wildman–Crippen LogP) is 2.70. The molecule has 0 saturated heterocycles. The topological polar surface area (TPSA) is 47.9 Å². The van der Waals surface area contributed by atoms with Crippen LogP contribution in [0.25, 0.3) is 0 Å². The van der Waals surface area contributed by atoms with Gasteiger partial charge in [-0.3, -0.25) is 0 Å². The minimum atomic E-state index is -0.658. The lowest BCUT2D eigenvalue weighted by molar-refractivity contribution is -0.0573. The number of aliphatic hydroxyl groups excluding tert-OH is 1. The molecule has 1 aromatic rings. The van der Waals surface area contributed by atoms with Gasteiger partial charge in [0.05, 0.1) is 25.9 Å². The van der Waals surface area contributed by atoms with Gasteiger partial charge < -0.3 is 19.3 Å². The third-order valence-electron chi connectivity index (χ3n) is 3.90. The van der Waals surface area contributed by atoms with Gasteiger partial charge in [0.15, 0.2) is 0 Å². The van der Waals surface area contributed by atoms with E-state index in [4.69, 9.17) is 14.2 Å². The van der Waals surface area contributed by atoms with E-state index in [1.807, 2.05) is 24.3 Å². The molecule has 0 amide bonds. The fourth-order valence-electron chi connectivity index (χ4n) is 2.73. The van der Waals surface area contributed by atoms with Crippen molar-refractivity contribution >= 4 is 0 Å². The third-order valence-corrected chi connectivity index (χ3v) is 3.90. The fraction of sp³-hybridized carbons (Fsp3) is 0.625. The van der Waals surface area contributed by atoms with E-state index in [2.05, 4.69) is 0 Å². The summed E-state index contributed by atoms with van der Waals surface area (Å²) in [6.45, 7) is 0.293. The summed E-state index contributed by atoms with van der Waals surface area (Å²) in [6.07, 6.45) is 3.98. The van der Waals surface area contributed by atoms with Gasteiger partial charge in [0, 0.05) is 12.7 Å². The molecule has 1 N–H and O–H groups in total. The van der Waals surface area contributed by atoms with Crippen molar-refractivity contribution in [2.75, 3.05) is 20.8 Å². The monoisotopic (exact) mass is 280 g/mol. The maximum Gasteiger partial charge on any atom is 0.124 e. The number of hydrogen-bond acceptors (Lipinski definition) is 4. The van der Waals surface area contributed by atoms with E-state index in [9.17, 15) is 5.11 Å². The second kappa shape index (κ2) is 7.62. The first-order valence-corrected chi connectivity index (χ1v) is 7.20. The molecular formula is C16H24O4. The zero-order valence-corrected chi connectivity index (χ0v) is 12.2. The molecule has 4 nitrogen and oxygen atoms in total. The highest BCUT2D eigenvalue weighted by molar-refractivity contribution is 5.34. The van der Waals surface area contributed by atoms with Crippen molar-refractivity contribution in [1.29, 1.82) is 0 Å². The van der Waals surface area contributed by atoms with Crippen molar-refractivity contribution < 1.29 is 19.3 Å². The Balaban J connectivity index is 1.87. The molecule has 112 valence electrons. The Hall–Kier alpha value is -1.10. The second-order valence-corrected chi connectivity index (χ2v) is 5.24. The maximum absolute atomic E-state index is 10.2. The van der Waals surface area contributed by atoms with Crippen LogP contribution < -0.4 is 4.74 Å². The van der Waals surface area contributed by atoms with Crippen LogP contribution in [0.5, 0.6) is 5.75 Å². The SMILES string of the molecule is COc1ccccc1C(O)COC1CCCC(OC)C1. The molecule has 0 spiro atoms.